The third-order valence-electron chi connectivity index (χ3n) is 2.85. The smallest absolute Gasteiger partial charge is 0.323 e. The molecule has 0 radical (unpaired) electrons. The fourth-order valence-electron chi connectivity index (χ4n) is 1.25. The van der Waals surface area contributed by atoms with Gasteiger partial charge in [0.15, 0.2) is 0 Å². The normalized spacial score (nSPS) is 15.7. The fraction of sp³-hybridized carbons (Fsp3) is 0.909. The average molecular weight is 201 g/mol. The first kappa shape index (κ1) is 13.4. The lowest BCUT2D eigenvalue weighted by atomic mass is 10.0. The molecule has 0 rings (SSSR count). The van der Waals surface area contributed by atoms with Gasteiger partial charge in [0, 0.05) is 6.04 Å². The van der Waals surface area contributed by atoms with Gasteiger partial charge >= 0.3 is 5.97 Å². The molecular weight excluding hydrogens is 178 g/mol. The molecule has 0 heterocycles. The van der Waals surface area contributed by atoms with E-state index in [1.54, 1.807) is 0 Å². The second kappa shape index (κ2) is 6.02. The van der Waals surface area contributed by atoms with Crippen LogP contribution >= 0.6 is 0 Å². The SMILES string of the molecule is CCOC(=O)C(C)N(C)C(C)C(C)C. The van der Waals surface area contributed by atoms with Gasteiger partial charge in [-0.25, -0.2) is 0 Å². The highest BCUT2D eigenvalue weighted by Gasteiger charge is 2.24. The summed E-state index contributed by atoms with van der Waals surface area (Å²) in [6.07, 6.45) is 0. The molecule has 0 saturated carbocycles. The highest BCUT2D eigenvalue weighted by molar-refractivity contribution is 5.75. The Morgan fingerprint density at radius 3 is 2.14 bits per heavy atom. The van der Waals surface area contributed by atoms with Gasteiger partial charge in [-0.2, -0.15) is 0 Å². The Labute approximate surface area is 87.4 Å². The maximum atomic E-state index is 11.4. The van der Waals surface area contributed by atoms with Gasteiger partial charge in [-0.1, -0.05) is 13.8 Å². The number of carbonyl (C=O) groups excluding carboxylic acids is 1. The zero-order valence-corrected chi connectivity index (χ0v) is 10.2. The van der Waals surface area contributed by atoms with Crippen LogP contribution in [0, 0.1) is 5.92 Å². The van der Waals surface area contributed by atoms with Crippen LogP contribution in [0.15, 0.2) is 0 Å². The highest BCUT2D eigenvalue weighted by Crippen LogP contribution is 2.12. The molecule has 0 aliphatic rings. The fourth-order valence-corrected chi connectivity index (χ4v) is 1.25. The van der Waals surface area contributed by atoms with Crippen molar-refractivity contribution in [2.45, 2.75) is 46.7 Å². The van der Waals surface area contributed by atoms with Crippen LogP contribution in [0.25, 0.3) is 0 Å². The molecule has 0 saturated heterocycles. The van der Waals surface area contributed by atoms with Gasteiger partial charge in [0.1, 0.15) is 6.04 Å². The summed E-state index contributed by atoms with van der Waals surface area (Å²) in [6.45, 7) is 10.6. The topological polar surface area (TPSA) is 29.5 Å². The summed E-state index contributed by atoms with van der Waals surface area (Å²) < 4.78 is 4.97. The zero-order chi connectivity index (χ0) is 11.3. The van der Waals surface area contributed by atoms with Crippen LogP contribution in [0.2, 0.25) is 0 Å². The number of ether oxygens (including phenoxy) is 1. The molecule has 84 valence electrons. The van der Waals surface area contributed by atoms with Crippen molar-refractivity contribution in [2.24, 2.45) is 5.92 Å². The second-order valence-corrected chi connectivity index (χ2v) is 4.08. The molecule has 0 fully saturated rings. The molecule has 0 aromatic rings. The van der Waals surface area contributed by atoms with Gasteiger partial charge < -0.3 is 4.74 Å². The number of hydrogen-bond acceptors (Lipinski definition) is 3. The van der Waals surface area contributed by atoms with Crippen molar-refractivity contribution in [3.05, 3.63) is 0 Å². The number of nitrogens with zero attached hydrogens (tertiary/aromatic N) is 1. The van der Waals surface area contributed by atoms with Gasteiger partial charge in [0.25, 0.3) is 0 Å². The van der Waals surface area contributed by atoms with Crippen LogP contribution in [0.1, 0.15) is 34.6 Å². The zero-order valence-electron chi connectivity index (χ0n) is 10.2. The summed E-state index contributed by atoms with van der Waals surface area (Å²) in [5.74, 6) is 0.402. The molecule has 3 nitrogen and oxygen atoms in total. The quantitative estimate of drug-likeness (QED) is 0.636. The molecule has 0 aliphatic heterocycles. The molecule has 2 unspecified atom stereocenters. The van der Waals surface area contributed by atoms with Crippen molar-refractivity contribution < 1.29 is 9.53 Å². The summed E-state index contributed by atoms with van der Waals surface area (Å²) in [5, 5.41) is 0. The number of hydrogen-bond donors (Lipinski definition) is 0. The molecule has 0 amide bonds. The first-order chi connectivity index (χ1) is 6.41. The third-order valence-corrected chi connectivity index (χ3v) is 2.85. The van der Waals surface area contributed by atoms with E-state index < -0.39 is 0 Å². The molecule has 2 atom stereocenters. The van der Waals surface area contributed by atoms with Crippen LogP contribution < -0.4 is 0 Å². The summed E-state index contributed by atoms with van der Waals surface area (Å²) in [7, 11) is 1.96. The molecule has 0 spiro atoms. The Morgan fingerprint density at radius 1 is 1.29 bits per heavy atom. The average Bonchev–Trinajstić information content (AvgIpc) is 2.14. The van der Waals surface area contributed by atoms with E-state index in [0.29, 0.717) is 18.6 Å². The van der Waals surface area contributed by atoms with E-state index in [1.165, 1.54) is 0 Å². The minimum Gasteiger partial charge on any atom is -0.465 e. The van der Waals surface area contributed by atoms with Gasteiger partial charge in [-0.05, 0) is 33.7 Å². The van der Waals surface area contributed by atoms with Crippen molar-refractivity contribution in [2.75, 3.05) is 13.7 Å². The lowest BCUT2D eigenvalue weighted by Gasteiger charge is -2.31. The van der Waals surface area contributed by atoms with Crippen LogP contribution in [0.3, 0.4) is 0 Å². The van der Waals surface area contributed by atoms with Crippen molar-refractivity contribution in [3.63, 3.8) is 0 Å². The first-order valence-electron chi connectivity index (χ1n) is 5.30. The van der Waals surface area contributed by atoms with Crippen molar-refractivity contribution in [1.29, 1.82) is 0 Å². The molecule has 3 heteroatoms. The van der Waals surface area contributed by atoms with Gasteiger partial charge in [-0.15, -0.1) is 0 Å². The van der Waals surface area contributed by atoms with Gasteiger partial charge in [-0.3, -0.25) is 9.69 Å². The largest absolute Gasteiger partial charge is 0.465 e. The standard InChI is InChI=1S/C11H23NO2/c1-7-14-11(13)10(5)12(6)9(4)8(2)3/h8-10H,7H2,1-6H3. The second-order valence-electron chi connectivity index (χ2n) is 4.08. The predicted molar refractivity (Wildman–Crippen MR) is 58.2 cm³/mol. The predicted octanol–water partition coefficient (Wildman–Crippen LogP) is 1.91. The van der Waals surface area contributed by atoms with Crippen LogP contribution in [0.4, 0.5) is 0 Å². The summed E-state index contributed by atoms with van der Waals surface area (Å²) in [4.78, 5) is 13.5. The van der Waals surface area contributed by atoms with Crippen molar-refractivity contribution in [1.82, 2.24) is 4.90 Å². The molecule has 0 aromatic heterocycles. The first-order valence-corrected chi connectivity index (χ1v) is 5.30. The Bertz CT molecular complexity index is 180. The Kier molecular flexibility index (Phi) is 5.77. The minimum atomic E-state index is -0.160. The Balaban J connectivity index is 4.23. The number of likely N-dealkylation sites (N-methyl/N-ethyl adjacent to an activating group) is 1. The van der Waals surface area contributed by atoms with E-state index in [-0.39, 0.29) is 12.0 Å². The van der Waals surface area contributed by atoms with E-state index in [1.807, 2.05) is 20.9 Å². The van der Waals surface area contributed by atoms with Crippen LogP contribution in [-0.4, -0.2) is 36.6 Å². The van der Waals surface area contributed by atoms with E-state index in [0.717, 1.165) is 0 Å². The number of esters is 1. The van der Waals surface area contributed by atoms with E-state index in [9.17, 15) is 4.79 Å². The molecule has 0 N–H and O–H groups in total. The highest BCUT2D eigenvalue weighted by atomic mass is 16.5. The van der Waals surface area contributed by atoms with Crippen LogP contribution in [-0.2, 0) is 9.53 Å². The maximum Gasteiger partial charge on any atom is 0.323 e. The van der Waals surface area contributed by atoms with Gasteiger partial charge in [0.2, 0.25) is 0 Å². The Morgan fingerprint density at radius 2 is 1.79 bits per heavy atom. The van der Waals surface area contributed by atoms with E-state index >= 15 is 0 Å². The summed E-state index contributed by atoms with van der Waals surface area (Å²) in [5.41, 5.74) is 0. The van der Waals surface area contributed by atoms with Crippen molar-refractivity contribution >= 4 is 5.97 Å². The maximum absolute atomic E-state index is 11.4. The third kappa shape index (κ3) is 3.66. The van der Waals surface area contributed by atoms with Crippen LogP contribution in [0.5, 0.6) is 0 Å². The summed E-state index contributed by atoms with van der Waals surface area (Å²) in [6, 6.07) is 0.224. The lowest BCUT2D eigenvalue weighted by Crippen LogP contribution is -2.44. The monoisotopic (exact) mass is 201 g/mol. The minimum absolute atomic E-state index is 0.137. The molecule has 0 aliphatic carbocycles. The number of rotatable bonds is 5. The van der Waals surface area contributed by atoms with Gasteiger partial charge in [0.05, 0.1) is 6.61 Å². The van der Waals surface area contributed by atoms with E-state index in [2.05, 4.69) is 25.7 Å². The van der Waals surface area contributed by atoms with E-state index in [4.69, 9.17) is 4.74 Å². The molecule has 14 heavy (non-hydrogen) atoms. The molecule has 0 bridgehead atoms. The Hall–Kier alpha value is -0.570. The van der Waals surface area contributed by atoms with Crippen molar-refractivity contribution in [3.8, 4) is 0 Å². The molecular formula is C11H23NO2. The number of carbonyl (C=O) groups is 1. The molecule has 0 aromatic carbocycles. The summed E-state index contributed by atoms with van der Waals surface area (Å²) >= 11 is 0. The lowest BCUT2D eigenvalue weighted by molar-refractivity contribution is -0.149.